The van der Waals surface area contributed by atoms with Crippen molar-refractivity contribution in [1.82, 2.24) is 4.98 Å². The summed E-state index contributed by atoms with van der Waals surface area (Å²) in [6.45, 7) is 2.80. The lowest BCUT2D eigenvalue weighted by Gasteiger charge is -1.99. The van der Waals surface area contributed by atoms with Crippen molar-refractivity contribution in [1.29, 1.82) is 0 Å². The maximum atomic E-state index is 11.8. The summed E-state index contributed by atoms with van der Waals surface area (Å²) in [5.74, 6) is 0.346. The van der Waals surface area contributed by atoms with Crippen molar-refractivity contribution in [3.05, 3.63) is 46.7 Å². The number of hydrogen-bond acceptors (Lipinski definition) is 3. The minimum absolute atomic E-state index is 0.346. The average Bonchev–Trinajstić information content (AvgIpc) is 2.83. The summed E-state index contributed by atoms with van der Waals surface area (Å²) in [6.07, 6.45) is 7.19. The number of aromatic nitrogens is 2. The van der Waals surface area contributed by atoms with Gasteiger partial charge in [-0.15, -0.1) is 11.3 Å². The summed E-state index contributed by atoms with van der Waals surface area (Å²) in [5, 5.41) is 0. The Kier molecular flexibility index (Phi) is 5.21. The van der Waals surface area contributed by atoms with Gasteiger partial charge in [0.15, 0.2) is 18.9 Å². The van der Waals surface area contributed by atoms with Crippen LogP contribution < -0.4 is 4.57 Å². The fourth-order valence-corrected chi connectivity index (χ4v) is 2.80. The second-order valence-electron chi connectivity index (χ2n) is 4.62. The molecule has 0 bridgehead atoms. The van der Waals surface area contributed by atoms with Crippen molar-refractivity contribution in [2.45, 2.75) is 39.2 Å². The van der Waals surface area contributed by atoms with E-state index in [2.05, 4.69) is 4.98 Å². The Morgan fingerprint density at radius 1 is 1.26 bits per heavy atom. The van der Waals surface area contributed by atoms with Gasteiger partial charge in [-0.05, 0) is 19.8 Å². The highest BCUT2D eigenvalue weighted by Gasteiger charge is 2.07. The van der Waals surface area contributed by atoms with Crippen molar-refractivity contribution in [3.8, 4) is 0 Å². The number of hydrogen-bond donors (Lipinski definition) is 0. The highest BCUT2D eigenvalue weighted by Crippen LogP contribution is 2.15. The van der Waals surface area contributed by atoms with Crippen LogP contribution in [-0.4, -0.2) is 10.8 Å². The molecule has 4 heteroatoms. The molecule has 0 saturated carbocycles. The molecule has 0 fully saturated rings. The van der Waals surface area contributed by atoms with Crippen LogP contribution in [0.15, 0.2) is 36.1 Å². The summed E-state index contributed by atoms with van der Waals surface area (Å²) in [7, 11) is 0. The molecule has 0 aromatic carbocycles. The third kappa shape index (κ3) is 4.56. The average molecular weight is 275 g/mol. The van der Waals surface area contributed by atoms with E-state index in [0.717, 1.165) is 25.1 Å². The summed E-state index contributed by atoms with van der Waals surface area (Å²) < 4.78 is 2.05. The zero-order valence-electron chi connectivity index (χ0n) is 11.2. The van der Waals surface area contributed by atoms with E-state index in [-0.39, 0.29) is 0 Å². The van der Waals surface area contributed by atoms with Crippen LogP contribution in [0, 0.1) is 6.92 Å². The molecule has 100 valence electrons. The van der Waals surface area contributed by atoms with Gasteiger partial charge in [0.1, 0.15) is 5.78 Å². The standard InChI is InChI=1S/C15H19N2OS/c1-13-15(19-12-16-13)7-5-6-14(18)8-11-17-9-3-2-4-10-17/h2-4,9-10,12H,5-8,11H2,1H3/q+1. The lowest BCUT2D eigenvalue weighted by Crippen LogP contribution is -2.33. The Hall–Kier alpha value is -1.55. The first-order chi connectivity index (χ1) is 9.25. The fourth-order valence-electron chi connectivity index (χ4n) is 1.97. The van der Waals surface area contributed by atoms with Crippen LogP contribution in [0.25, 0.3) is 0 Å². The Morgan fingerprint density at radius 2 is 2.05 bits per heavy atom. The van der Waals surface area contributed by atoms with Crippen LogP contribution in [0.4, 0.5) is 0 Å². The monoisotopic (exact) mass is 275 g/mol. The van der Waals surface area contributed by atoms with Crippen LogP contribution in [-0.2, 0) is 17.8 Å². The van der Waals surface area contributed by atoms with Gasteiger partial charge in [-0.2, -0.15) is 0 Å². The minimum Gasteiger partial charge on any atom is -0.299 e. The predicted octanol–water partition coefficient (Wildman–Crippen LogP) is 2.72. The van der Waals surface area contributed by atoms with Crippen molar-refractivity contribution in [2.24, 2.45) is 0 Å². The van der Waals surface area contributed by atoms with Crippen molar-refractivity contribution in [2.75, 3.05) is 0 Å². The van der Waals surface area contributed by atoms with E-state index in [0.29, 0.717) is 18.6 Å². The Labute approximate surface area is 117 Å². The first-order valence-corrected chi connectivity index (χ1v) is 7.48. The van der Waals surface area contributed by atoms with Gasteiger partial charge in [0.05, 0.1) is 17.6 Å². The number of thiazole rings is 1. The molecular weight excluding hydrogens is 256 g/mol. The van der Waals surface area contributed by atoms with Crippen LogP contribution >= 0.6 is 11.3 Å². The number of Topliss-reactive ketones (excluding diaryl/α,β-unsaturated/α-hetero) is 1. The molecule has 2 aromatic heterocycles. The third-order valence-corrected chi connectivity index (χ3v) is 4.13. The van der Waals surface area contributed by atoms with E-state index in [1.54, 1.807) is 11.3 Å². The summed E-state index contributed by atoms with van der Waals surface area (Å²) in [6, 6.07) is 5.95. The zero-order valence-corrected chi connectivity index (χ0v) is 12.0. The summed E-state index contributed by atoms with van der Waals surface area (Å²) in [4.78, 5) is 17.3. The normalized spacial score (nSPS) is 10.6. The number of rotatable bonds is 7. The quantitative estimate of drug-likeness (QED) is 0.728. The van der Waals surface area contributed by atoms with Gasteiger partial charge in [-0.3, -0.25) is 4.79 Å². The van der Waals surface area contributed by atoms with Gasteiger partial charge >= 0.3 is 0 Å². The third-order valence-electron chi connectivity index (χ3n) is 3.13. The smallest absolute Gasteiger partial charge is 0.168 e. The summed E-state index contributed by atoms with van der Waals surface area (Å²) >= 11 is 1.68. The highest BCUT2D eigenvalue weighted by molar-refractivity contribution is 7.09. The van der Waals surface area contributed by atoms with E-state index < -0.39 is 0 Å². The zero-order chi connectivity index (χ0) is 13.5. The molecule has 19 heavy (non-hydrogen) atoms. The molecule has 0 aliphatic rings. The van der Waals surface area contributed by atoms with Crippen LogP contribution in [0.2, 0.25) is 0 Å². The molecule has 2 aromatic rings. The molecule has 0 atom stereocenters. The predicted molar refractivity (Wildman–Crippen MR) is 76.1 cm³/mol. The topological polar surface area (TPSA) is 33.8 Å². The van der Waals surface area contributed by atoms with E-state index in [1.165, 1.54) is 4.88 Å². The van der Waals surface area contributed by atoms with E-state index in [4.69, 9.17) is 0 Å². The number of carbonyl (C=O) groups is 1. The molecule has 0 radical (unpaired) electrons. The van der Waals surface area contributed by atoms with Crippen LogP contribution in [0.3, 0.4) is 0 Å². The van der Waals surface area contributed by atoms with E-state index in [9.17, 15) is 4.79 Å². The molecule has 0 aliphatic heterocycles. The molecule has 0 spiro atoms. The van der Waals surface area contributed by atoms with Crippen molar-refractivity contribution in [3.63, 3.8) is 0 Å². The minimum atomic E-state index is 0.346. The SMILES string of the molecule is Cc1ncsc1CCCC(=O)CC[n+]1ccccc1. The summed E-state index contributed by atoms with van der Waals surface area (Å²) in [5.41, 5.74) is 2.98. The second-order valence-corrected chi connectivity index (χ2v) is 5.56. The Bertz CT molecular complexity index is 522. The lowest BCUT2D eigenvalue weighted by molar-refractivity contribution is -0.695. The molecule has 0 amide bonds. The number of pyridine rings is 1. The number of ketones is 1. The number of nitrogens with zero attached hydrogens (tertiary/aromatic N) is 2. The lowest BCUT2D eigenvalue weighted by atomic mass is 10.1. The van der Waals surface area contributed by atoms with Gasteiger partial charge in [-0.25, -0.2) is 9.55 Å². The van der Waals surface area contributed by atoms with E-state index >= 15 is 0 Å². The van der Waals surface area contributed by atoms with Gasteiger partial charge in [0.2, 0.25) is 0 Å². The fraction of sp³-hybridized carbons (Fsp3) is 0.400. The van der Waals surface area contributed by atoms with Crippen LogP contribution in [0.5, 0.6) is 0 Å². The maximum Gasteiger partial charge on any atom is 0.168 e. The highest BCUT2D eigenvalue weighted by atomic mass is 32.1. The van der Waals surface area contributed by atoms with Gasteiger partial charge in [0.25, 0.3) is 0 Å². The molecule has 0 aliphatic carbocycles. The first-order valence-electron chi connectivity index (χ1n) is 6.60. The van der Waals surface area contributed by atoms with Crippen LogP contribution in [0.1, 0.15) is 29.8 Å². The Balaban J connectivity index is 1.66. The van der Waals surface area contributed by atoms with Crippen molar-refractivity contribution < 1.29 is 9.36 Å². The second kappa shape index (κ2) is 7.14. The van der Waals surface area contributed by atoms with Gasteiger partial charge in [0, 0.05) is 23.4 Å². The molecule has 0 saturated heterocycles. The number of aryl methyl sites for hydroxylation is 3. The molecule has 2 heterocycles. The molecule has 3 nitrogen and oxygen atoms in total. The van der Waals surface area contributed by atoms with Gasteiger partial charge < -0.3 is 0 Å². The van der Waals surface area contributed by atoms with Gasteiger partial charge in [-0.1, -0.05) is 6.07 Å². The molecule has 0 unspecified atom stereocenters. The largest absolute Gasteiger partial charge is 0.299 e. The molecular formula is C15H19N2OS+. The molecule has 0 N–H and O–H groups in total. The molecule has 2 rings (SSSR count). The first kappa shape index (κ1) is 13.9. The maximum absolute atomic E-state index is 11.8. The van der Waals surface area contributed by atoms with Crippen molar-refractivity contribution >= 4 is 17.1 Å². The number of carbonyl (C=O) groups excluding carboxylic acids is 1. The van der Waals surface area contributed by atoms with E-state index in [1.807, 2.05) is 47.6 Å². The Morgan fingerprint density at radius 3 is 2.74 bits per heavy atom.